The van der Waals surface area contributed by atoms with Crippen molar-refractivity contribution in [2.75, 3.05) is 40.4 Å². The summed E-state index contributed by atoms with van der Waals surface area (Å²) in [5.41, 5.74) is 0.296. The maximum atomic E-state index is 13.2. The van der Waals surface area contributed by atoms with Gasteiger partial charge in [0.2, 0.25) is 0 Å². The van der Waals surface area contributed by atoms with Gasteiger partial charge < -0.3 is 24.4 Å². The Morgan fingerprint density at radius 2 is 1.77 bits per heavy atom. The van der Waals surface area contributed by atoms with Gasteiger partial charge in [0.1, 0.15) is 5.76 Å². The van der Waals surface area contributed by atoms with Crippen molar-refractivity contribution in [2.45, 2.75) is 19.9 Å². The second-order valence-electron chi connectivity index (χ2n) is 7.94. The number of carbonyl (C=O) groups excluding carboxylic acids is 2. The predicted octanol–water partition coefficient (Wildman–Crippen LogP) is 3.38. The fourth-order valence-corrected chi connectivity index (χ4v) is 4.19. The fourth-order valence-electron chi connectivity index (χ4n) is 4.19. The lowest BCUT2D eigenvalue weighted by atomic mass is 9.95. The third kappa shape index (κ3) is 5.12. The van der Waals surface area contributed by atoms with E-state index in [2.05, 4.69) is 4.90 Å². The zero-order valence-electron chi connectivity index (χ0n) is 20.2. The van der Waals surface area contributed by atoms with Crippen LogP contribution >= 0.6 is 0 Å². The van der Waals surface area contributed by atoms with E-state index >= 15 is 0 Å². The highest BCUT2D eigenvalue weighted by molar-refractivity contribution is 6.46. The van der Waals surface area contributed by atoms with Crippen molar-refractivity contribution in [3.05, 3.63) is 69.3 Å². The maximum Gasteiger partial charge on any atom is 0.295 e. The van der Waals surface area contributed by atoms with E-state index in [0.717, 1.165) is 13.1 Å². The molecular formula is C25H29N3O7. The van der Waals surface area contributed by atoms with Crippen molar-refractivity contribution in [2.24, 2.45) is 0 Å². The number of amides is 1. The van der Waals surface area contributed by atoms with Gasteiger partial charge in [-0.05, 0) is 36.9 Å². The Bertz CT molecular complexity index is 1160. The zero-order valence-corrected chi connectivity index (χ0v) is 20.2. The lowest BCUT2D eigenvalue weighted by Gasteiger charge is -2.28. The van der Waals surface area contributed by atoms with Crippen LogP contribution in [0.3, 0.4) is 0 Å². The summed E-state index contributed by atoms with van der Waals surface area (Å²) in [6.07, 6.45) is 0. The summed E-state index contributed by atoms with van der Waals surface area (Å²) in [6, 6.07) is 9.39. The van der Waals surface area contributed by atoms with Crippen LogP contribution in [0.2, 0.25) is 0 Å². The van der Waals surface area contributed by atoms with E-state index in [0.29, 0.717) is 23.6 Å². The van der Waals surface area contributed by atoms with Crippen molar-refractivity contribution in [3.63, 3.8) is 0 Å². The van der Waals surface area contributed by atoms with Crippen molar-refractivity contribution in [1.29, 1.82) is 0 Å². The molecule has 1 aliphatic heterocycles. The van der Waals surface area contributed by atoms with E-state index in [1.807, 2.05) is 13.8 Å². The number of hydrogen-bond donors (Lipinski definition) is 1. The summed E-state index contributed by atoms with van der Waals surface area (Å²) >= 11 is 0. The number of aliphatic hydroxyl groups excluding tert-OH is 1. The third-order valence-electron chi connectivity index (χ3n) is 6.15. The number of likely N-dealkylation sites (tertiary alicyclic amines) is 1. The number of likely N-dealkylation sites (N-methyl/N-ethyl adjacent to an activating group) is 1. The van der Waals surface area contributed by atoms with Crippen LogP contribution in [0.25, 0.3) is 5.76 Å². The van der Waals surface area contributed by atoms with Gasteiger partial charge in [-0.3, -0.25) is 19.7 Å². The van der Waals surface area contributed by atoms with Crippen molar-refractivity contribution >= 4 is 23.1 Å². The largest absolute Gasteiger partial charge is 0.507 e. The molecule has 2 aromatic carbocycles. The number of non-ortho nitro benzene ring substituents is 1. The molecule has 1 atom stereocenters. The molecule has 1 N–H and O–H groups in total. The number of methoxy groups -OCH3 is 2. The molecule has 0 aromatic heterocycles. The van der Waals surface area contributed by atoms with Gasteiger partial charge in [0, 0.05) is 30.8 Å². The Balaban J connectivity index is 2.17. The van der Waals surface area contributed by atoms with Gasteiger partial charge in [0.25, 0.3) is 17.4 Å². The number of nitro benzene ring substituents is 1. The van der Waals surface area contributed by atoms with Gasteiger partial charge >= 0.3 is 0 Å². The van der Waals surface area contributed by atoms with Crippen LogP contribution in [0.1, 0.15) is 31.0 Å². The van der Waals surface area contributed by atoms with Gasteiger partial charge in [-0.1, -0.05) is 26.0 Å². The smallest absolute Gasteiger partial charge is 0.295 e. The molecule has 0 radical (unpaired) electrons. The quantitative estimate of drug-likeness (QED) is 0.179. The standard InChI is InChI=1S/C25H29N3O7/c1-5-26(6-2)12-13-27-22(16-8-7-9-18(14-16)28(32)33)21(24(30)25(27)31)23(29)17-10-11-19(34-3)20(15-17)35-4/h7-11,14-15,22,29H,5-6,12-13H2,1-4H3/b23-21-. The second-order valence-corrected chi connectivity index (χ2v) is 7.94. The van der Waals surface area contributed by atoms with Gasteiger partial charge in [0.15, 0.2) is 11.5 Å². The predicted molar refractivity (Wildman–Crippen MR) is 129 cm³/mol. The second kappa shape index (κ2) is 11.0. The van der Waals surface area contributed by atoms with E-state index < -0.39 is 28.4 Å². The van der Waals surface area contributed by atoms with Crippen molar-refractivity contribution in [3.8, 4) is 11.5 Å². The molecule has 1 heterocycles. The van der Waals surface area contributed by atoms with Crippen LogP contribution in [0.15, 0.2) is 48.0 Å². The van der Waals surface area contributed by atoms with Crippen LogP contribution in [0.5, 0.6) is 11.5 Å². The third-order valence-corrected chi connectivity index (χ3v) is 6.15. The molecule has 2 aromatic rings. The molecule has 1 fully saturated rings. The molecular weight excluding hydrogens is 454 g/mol. The Morgan fingerprint density at radius 3 is 2.37 bits per heavy atom. The van der Waals surface area contributed by atoms with Crippen LogP contribution in [-0.2, 0) is 9.59 Å². The van der Waals surface area contributed by atoms with Gasteiger partial charge in [0.05, 0.1) is 30.8 Å². The number of nitrogens with zero attached hydrogens (tertiary/aromatic N) is 3. The highest BCUT2D eigenvalue weighted by atomic mass is 16.6. The number of aliphatic hydroxyl groups is 1. The average Bonchev–Trinajstić information content (AvgIpc) is 3.13. The average molecular weight is 484 g/mol. The molecule has 1 saturated heterocycles. The minimum absolute atomic E-state index is 0.137. The molecule has 1 unspecified atom stereocenters. The summed E-state index contributed by atoms with van der Waals surface area (Å²) in [5.74, 6) is -1.26. The first kappa shape index (κ1) is 25.7. The molecule has 1 aliphatic rings. The summed E-state index contributed by atoms with van der Waals surface area (Å²) in [4.78, 5) is 40.6. The first-order valence-corrected chi connectivity index (χ1v) is 11.2. The molecule has 0 saturated carbocycles. The number of rotatable bonds is 10. The maximum absolute atomic E-state index is 13.2. The number of ether oxygens (including phenoxy) is 2. The van der Waals surface area contributed by atoms with Crippen LogP contribution in [-0.4, -0.2) is 71.9 Å². The van der Waals surface area contributed by atoms with E-state index in [1.54, 1.807) is 18.2 Å². The number of ketones is 1. The topological polar surface area (TPSA) is 122 Å². The molecule has 10 nitrogen and oxygen atoms in total. The summed E-state index contributed by atoms with van der Waals surface area (Å²) in [6.45, 7) is 6.21. The van der Waals surface area contributed by atoms with E-state index in [4.69, 9.17) is 9.47 Å². The first-order chi connectivity index (χ1) is 16.8. The first-order valence-electron chi connectivity index (χ1n) is 11.2. The summed E-state index contributed by atoms with van der Waals surface area (Å²) in [5, 5.41) is 22.6. The van der Waals surface area contributed by atoms with Gasteiger partial charge in [-0.25, -0.2) is 0 Å². The van der Waals surface area contributed by atoms with E-state index in [1.165, 1.54) is 43.4 Å². The Labute approximate surface area is 203 Å². The summed E-state index contributed by atoms with van der Waals surface area (Å²) < 4.78 is 10.5. The lowest BCUT2D eigenvalue weighted by molar-refractivity contribution is -0.384. The van der Waals surface area contributed by atoms with Gasteiger partial charge in [-0.15, -0.1) is 0 Å². The van der Waals surface area contributed by atoms with E-state index in [9.17, 15) is 24.8 Å². The molecule has 0 aliphatic carbocycles. The highest BCUT2D eigenvalue weighted by Gasteiger charge is 2.46. The van der Waals surface area contributed by atoms with Crippen molar-refractivity contribution in [1.82, 2.24) is 9.80 Å². The number of nitro groups is 1. The lowest BCUT2D eigenvalue weighted by Crippen LogP contribution is -2.38. The molecule has 186 valence electrons. The van der Waals surface area contributed by atoms with E-state index in [-0.39, 0.29) is 23.4 Å². The normalized spacial score (nSPS) is 17.2. The van der Waals surface area contributed by atoms with Crippen molar-refractivity contribution < 1.29 is 29.1 Å². The fraction of sp³-hybridized carbons (Fsp3) is 0.360. The molecule has 3 rings (SSSR count). The SMILES string of the molecule is CCN(CC)CCN1C(=O)C(=O)/C(=C(\O)c2ccc(OC)c(OC)c2)C1c1cccc([N+](=O)[O-])c1. The number of hydrogen-bond acceptors (Lipinski definition) is 8. The van der Waals surface area contributed by atoms with Crippen LogP contribution in [0.4, 0.5) is 5.69 Å². The number of carbonyl (C=O) groups is 2. The zero-order chi connectivity index (χ0) is 25.7. The Hall–Kier alpha value is -3.92. The molecule has 1 amide bonds. The van der Waals surface area contributed by atoms with Crippen LogP contribution < -0.4 is 9.47 Å². The Morgan fingerprint density at radius 1 is 1.09 bits per heavy atom. The number of benzene rings is 2. The molecule has 0 bridgehead atoms. The number of Topliss-reactive ketones (excluding diaryl/α,β-unsaturated/α-hetero) is 1. The minimum atomic E-state index is -0.987. The molecule has 10 heteroatoms. The van der Waals surface area contributed by atoms with Crippen LogP contribution in [0, 0.1) is 10.1 Å². The Kier molecular flexibility index (Phi) is 8.08. The molecule has 35 heavy (non-hydrogen) atoms. The monoisotopic (exact) mass is 483 g/mol. The van der Waals surface area contributed by atoms with Gasteiger partial charge in [-0.2, -0.15) is 0 Å². The molecule has 0 spiro atoms. The summed E-state index contributed by atoms with van der Waals surface area (Å²) in [7, 11) is 2.91. The minimum Gasteiger partial charge on any atom is -0.507 e. The highest BCUT2D eigenvalue weighted by Crippen LogP contribution is 2.41.